The van der Waals surface area contributed by atoms with Crippen molar-refractivity contribution in [3.05, 3.63) is 218 Å². The molecule has 0 aliphatic rings. The number of fused-ring (bicyclic) bond motifs is 4. The van der Waals surface area contributed by atoms with Crippen molar-refractivity contribution in [3.8, 4) is 39.1 Å². The number of hydrogen-bond donors (Lipinski definition) is 0. The normalized spacial score (nSPS) is 11.3. The first-order valence-corrected chi connectivity index (χ1v) is 18.5. The van der Waals surface area contributed by atoms with E-state index in [1.807, 2.05) is 0 Å². The molecule has 10 aromatic rings. The van der Waals surface area contributed by atoms with Gasteiger partial charge in [-0.2, -0.15) is 0 Å². The number of para-hydroxylation sites is 1. The topological polar surface area (TPSA) is 8.17 Å². The highest BCUT2D eigenvalue weighted by atomic mass is 15.1. The predicted molar refractivity (Wildman–Crippen MR) is 229 cm³/mol. The number of nitrogens with zero attached hydrogens (tertiary/aromatic N) is 2. The molecule has 254 valence electrons. The smallest absolute Gasteiger partial charge is 0.0541 e. The lowest BCUT2D eigenvalue weighted by Gasteiger charge is -2.26. The molecule has 0 unspecified atom stereocenters. The first kappa shape index (κ1) is 31.6. The van der Waals surface area contributed by atoms with E-state index >= 15 is 0 Å². The number of anilines is 3. The van der Waals surface area contributed by atoms with Crippen LogP contribution in [0.15, 0.2) is 218 Å². The average Bonchev–Trinajstić information content (AvgIpc) is 3.58. The molecule has 0 aliphatic heterocycles. The van der Waals surface area contributed by atoms with Crippen LogP contribution in [0.1, 0.15) is 0 Å². The summed E-state index contributed by atoms with van der Waals surface area (Å²) >= 11 is 0. The second-order valence-electron chi connectivity index (χ2n) is 13.8. The van der Waals surface area contributed by atoms with Crippen molar-refractivity contribution >= 4 is 49.6 Å². The van der Waals surface area contributed by atoms with Crippen molar-refractivity contribution in [3.63, 3.8) is 0 Å². The van der Waals surface area contributed by atoms with E-state index in [1.165, 1.54) is 66.0 Å². The van der Waals surface area contributed by atoms with E-state index in [1.54, 1.807) is 0 Å². The van der Waals surface area contributed by atoms with Crippen molar-refractivity contribution in [1.29, 1.82) is 0 Å². The second-order valence-corrected chi connectivity index (χ2v) is 13.8. The largest absolute Gasteiger partial charge is 0.310 e. The van der Waals surface area contributed by atoms with E-state index in [0.717, 1.165) is 22.7 Å². The summed E-state index contributed by atoms with van der Waals surface area (Å²) < 4.78 is 2.39. The maximum atomic E-state index is 2.39. The van der Waals surface area contributed by atoms with Gasteiger partial charge >= 0.3 is 0 Å². The highest BCUT2D eigenvalue weighted by Gasteiger charge is 2.16. The Hall–Kier alpha value is -7.16. The molecule has 0 saturated carbocycles. The van der Waals surface area contributed by atoms with Crippen molar-refractivity contribution in [1.82, 2.24) is 4.57 Å². The third kappa shape index (κ3) is 5.71. The van der Waals surface area contributed by atoms with Crippen molar-refractivity contribution in [2.75, 3.05) is 4.90 Å². The van der Waals surface area contributed by atoms with Crippen LogP contribution < -0.4 is 4.90 Å². The van der Waals surface area contributed by atoms with Crippen LogP contribution in [0.3, 0.4) is 0 Å². The van der Waals surface area contributed by atoms with Crippen LogP contribution in [0.4, 0.5) is 17.1 Å². The minimum Gasteiger partial charge on any atom is -0.310 e. The number of rotatable bonds is 7. The summed E-state index contributed by atoms with van der Waals surface area (Å²) in [5.74, 6) is 0. The van der Waals surface area contributed by atoms with Gasteiger partial charge < -0.3 is 9.47 Å². The molecule has 0 spiro atoms. The van der Waals surface area contributed by atoms with E-state index < -0.39 is 0 Å². The molecule has 0 amide bonds. The molecule has 0 fully saturated rings. The molecule has 2 nitrogen and oxygen atoms in total. The first-order valence-electron chi connectivity index (χ1n) is 18.5. The fraction of sp³-hybridized carbons (Fsp3) is 0. The Bertz CT molecular complexity index is 2890. The monoisotopic (exact) mass is 688 g/mol. The van der Waals surface area contributed by atoms with Gasteiger partial charge in [-0.3, -0.25) is 0 Å². The van der Waals surface area contributed by atoms with Crippen molar-refractivity contribution in [2.45, 2.75) is 0 Å². The fourth-order valence-corrected chi connectivity index (χ4v) is 7.86. The van der Waals surface area contributed by atoms with Crippen molar-refractivity contribution in [2.24, 2.45) is 0 Å². The molecule has 10 rings (SSSR count). The van der Waals surface area contributed by atoms with E-state index in [9.17, 15) is 0 Å². The lowest BCUT2D eigenvalue weighted by Crippen LogP contribution is -2.09. The Morgan fingerprint density at radius 1 is 0.278 bits per heavy atom. The van der Waals surface area contributed by atoms with Crippen molar-refractivity contribution < 1.29 is 0 Å². The molecule has 54 heavy (non-hydrogen) atoms. The SMILES string of the molecule is c1ccc(-c2ccc(N(c3ccc(-c4ccc5c(c4)c4ccccc4n5-c4ccc(-c5ccccc5)cc4)cc3)c3ccc4ccccc4c3)cc2)cc1. The van der Waals surface area contributed by atoms with Gasteiger partial charge in [-0.1, -0.05) is 152 Å². The third-order valence-electron chi connectivity index (χ3n) is 10.6. The minimum absolute atomic E-state index is 1.11. The Kier molecular flexibility index (Phi) is 7.85. The summed E-state index contributed by atoms with van der Waals surface area (Å²) in [5, 5.41) is 4.95. The summed E-state index contributed by atoms with van der Waals surface area (Å²) in [4.78, 5) is 2.35. The van der Waals surface area contributed by atoms with Gasteiger partial charge in [-0.25, -0.2) is 0 Å². The molecule has 0 bridgehead atoms. The van der Waals surface area contributed by atoms with Gasteiger partial charge in [-0.15, -0.1) is 0 Å². The van der Waals surface area contributed by atoms with E-state index in [4.69, 9.17) is 0 Å². The van der Waals surface area contributed by atoms with Gasteiger partial charge in [0.2, 0.25) is 0 Å². The van der Waals surface area contributed by atoms with Gasteiger partial charge in [0.05, 0.1) is 11.0 Å². The molecule has 0 atom stereocenters. The standard InChI is InChI=1S/C52H36N2/c1-3-11-37(12-4-1)40-19-27-45(28-20-40)53(48-33-25-39-15-7-8-16-43(39)35-48)46-29-23-42(24-30-46)44-26-34-52-50(36-44)49-17-9-10-18-51(49)54(52)47-31-21-41(22-32-47)38-13-5-2-6-14-38/h1-36H. The molecule has 2 heteroatoms. The Morgan fingerprint density at radius 3 is 1.39 bits per heavy atom. The fourth-order valence-electron chi connectivity index (χ4n) is 7.86. The number of benzene rings is 9. The summed E-state index contributed by atoms with van der Waals surface area (Å²) in [6, 6.07) is 78.8. The first-order chi connectivity index (χ1) is 26.8. The highest BCUT2D eigenvalue weighted by Crippen LogP contribution is 2.39. The lowest BCUT2D eigenvalue weighted by atomic mass is 10.0. The van der Waals surface area contributed by atoms with E-state index in [0.29, 0.717) is 0 Å². The van der Waals surface area contributed by atoms with Gasteiger partial charge in [0.25, 0.3) is 0 Å². The molecule has 1 heterocycles. The van der Waals surface area contributed by atoms with Crippen LogP contribution in [-0.4, -0.2) is 4.57 Å². The van der Waals surface area contributed by atoms with E-state index in [-0.39, 0.29) is 0 Å². The molecule has 9 aromatic carbocycles. The summed E-state index contributed by atoms with van der Waals surface area (Å²) in [6.45, 7) is 0. The van der Waals surface area contributed by atoms with E-state index in [2.05, 4.69) is 228 Å². The van der Waals surface area contributed by atoms with Gasteiger partial charge in [0.15, 0.2) is 0 Å². The molecule has 0 aliphatic carbocycles. The van der Waals surface area contributed by atoms with Crippen LogP contribution in [0.5, 0.6) is 0 Å². The molecule has 1 aromatic heterocycles. The lowest BCUT2D eigenvalue weighted by molar-refractivity contribution is 1.18. The number of aromatic nitrogens is 1. The predicted octanol–water partition coefficient (Wildman–Crippen LogP) is 14.4. The van der Waals surface area contributed by atoms with Crippen LogP contribution in [0, 0.1) is 0 Å². The third-order valence-corrected chi connectivity index (χ3v) is 10.6. The maximum absolute atomic E-state index is 2.39. The molecule has 0 saturated heterocycles. The quantitative estimate of drug-likeness (QED) is 0.162. The maximum Gasteiger partial charge on any atom is 0.0541 e. The van der Waals surface area contributed by atoms with Gasteiger partial charge in [0, 0.05) is 33.5 Å². The Labute approximate surface area is 315 Å². The Balaban J connectivity index is 1.03. The zero-order valence-electron chi connectivity index (χ0n) is 29.7. The summed E-state index contributed by atoms with van der Waals surface area (Å²) in [7, 11) is 0. The Morgan fingerprint density at radius 2 is 0.741 bits per heavy atom. The van der Waals surface area contributed by atoms with Crippen LogP contribution in [-0.2, 0) is 0 Å². The van der Waals surface area contributed by atoms with Gasteiger partial charge in [0.1, 0.15) is 0 Å². The van der Waals surface area contributed by atoms with Crippen LogP contribution >= 0.6 is 0 Å². The van der Waals surface area contributed by atoms with Crippen LogP contribution in [0.25, 0.3) is 71.6 Å². The number of hydrogen-bond acceptors (Lipinski definition) is 1. The van der Waals surface area contributed by atoms with Gasteiger partial charge in [-0.05, 0) is 111 Å². The molecule has 0 N–H and O–H groups in total. The zero-order valence-corrected chi connectivity index (χ0v) is 29.7. The molecular weight excluding hydrogens is 653 g/mol. The highest BCUT2D eigenvalue weighted by molar-refractivity contribution is 6.10. The second kappa shape index (κ2) is 13.4. The minimum atomic E-state index is 1.11. The summed E-state index contributed by atoms with van der Waals surface area (Å²) in [5.41, 5.74) is 14.1. The average molecular weight is 689 g/mol. The molecular formula is C52H36N2. The zero-order chi connectivity index (χ0) is 35.8. The summed E-state index contributed by atoms with van der Waals surface area (Å²) in [6.07, 6.45) is 0. The van der Waals surface area contributed by atoms with Crippen LogP contribution in [0.2, 0.25) is 0 Å². The molecule has 0 radical (unpaired) electrons.